The highest BCUT2D eigenvalue weighted by atomic mass is 35.5. The SMILES string of the molecule is CC(=O)C(=O)C(Cc1c[nH]c2ccccc12)NC(=O)CCc1ccc(-c2ccc(CCCCN=C(N)NC(=O)c3nc(Cl)c(N)nc3N)cc2)cc1. The van der Waals surface area contributed by atoms with Crippen LogP contribution in [-0.2, 0) is 33.6 Å². The molecule has 14 heteroatoms. The van der Waals surface area contributed by atoms with Gasteiger partial charge in [0.1, 0.15) is 0 Å². The van der Waals surface area contributed by atoms with Crippen molar-refractivity contribution in [2.75, 3.05) is 18.0 Å². The molecule has 0 spiro atoms. The number of aliphatic imine (C=N–C) groups is 1. The summed E-state index contributed by atoms with van der Waals surface area (Å²) in [5.41, 5.74) is 22.9. The zero-order valence-corrected chi connectivity index (χ0v) is 29.4. The monoisotopic (exact) mass is 721 g/mol. The smallest absolute Gasteiger partial charge is 0.280 e. The van der Waals surface area contributed by atoms with Crippen LogP contribution >= 0.6 is 11.6 Å². The number of unbranched alkanes of at least 4 members (excludes halogenated alkanes) is 1. The Morgan fingerprint density at radius 2 is 1.52 bits per heavy atom. The Kier molecular flexibility index (Phi) is 12.3. The van der Waals surface area contributed by atoms with Gasteiger partial charge in [-0.15, -0.1) is 0 Å². The third kappa shape index (κ3) is 9.79. The van der Waals surface area contributed by atoms with E-state index in [1.54, 1.807) is 0 Å². The van der Waals surface area contributed by atoms with Crippen molar-refractivity contribution in [3.8, 4) is 11.1 Å². The number of anilines is 2. The first-order valence-corrected chi connectivity index (χ1v) is 17.1. The Balaban J connectivity index is 1.05. The number of nitrogen functional groups attached to an aromatic ring is 2. The first kappa shape index (κ1) is 37.2. The van der Waals surface area contributed by atoms with Crippen molar-refractivity contribution in [3.05, 3.63) is 107 Å². The number of Topliss-reactive ketones (excluding diaryl/α,β-unsaturated/α-hetero) is 2. The number of fused-ring (bicyclic) bond motifs is 1. The van der Waals surface area contributed by atoms with Crippen LogP contribution in [0.4, 0.5) is 11.6 Å². The van der Waals surface area contributed by atoms with Gasteiger partial charge in [-0.1, -0.05) is 78.3 Å². The van der Waals surface area contributed by atoms with Crippen LogP contribution in [0.3, 0.4) is 0 Å². The van der Waals surface area contributed by atoms with Crippen LogP contribution in [0.25, 0.3) is 22.0 Å². The number of para-hydroxylation sites is 1. The number of guanidine groups is 1. The first-order chi connectivity index (χ1) is 25.0. The van der Waals surface area contributed by atoms with Gasteiger partial charge in [-0.25, -0.2) is 9.97 Å². The van der Waals surface area contributed by atoms with Crippen molar-refractivity contribution in [3.63, 3.8) is 0 Å². The Morgan fingerprint density at radius 3 is 2.19 bits per heavy atom. The predicted molar refractivity (Wildman–Crippen MR) is 203 cm³/mol. The molecule has 2 aromatic heterocycles. The number of rotatable bonds is 15. The predicted octanol–water partition coefficient (Wildman–Crippen LogP) is 4.33. The normalized spacial score (nSPS) is 12.0. The number of hydrogen-bond donors (Lipinski definition) is 6. The van der Waals surface area contributed by atoms with Gasteiger partial charge in [0.2, 0.25) is 11.7 Å². The number of aromatic nitrogens is 3. The van der Waals surface area contributed by atoms with Crippen molar-refractivity contribution in [2.45, 2.75) is 51.5 Å². The summed E-state index contributed by atoms with van der Waals surface area (Å²) in [5, 5.41) is 6.03. The molecule has 0 saturated heterocycles. The minimum Gasteiger partial charge on any atom is -0.382 e. The lowest BCUT2D eigenvalue weighted by Gasteiger charge is -2.16. The minimum absolute atomic E-state index is 0.0649. The molecule has 0 bridgehead atoms. The van der Waals surface area contributed by atoms with Crippen LogP contribution in [-0.4, -0.2) is 56.9 Å². The molecule has 52 heavy (non-hydrogen) atoms. The Hall–Kier alpha value is -6.08. The van der Waals surface area contributed by atoms with Gasteiger partial charge in [0.05, 0.1) is 6.04 Å². The van der Waals surface area contributed by atoms with Gasteiger partial charge in [0.25, 0.3) is 5.91 Å². The molecule has 1 unspecified atom stereocenters. The minimum atomic E-state index is -0.930. The van der Waals surface area contributed by atoms with E-state index >= 15 is 0 Å². The fraction of sp³-hybridized carbons (Fsp3) is 0.237. The number of nitrogens with two attached hydrogens (primary N) is 3. The van der Waals surface area contributed by atoms with E-state index in [2.05, 4.69) is 54.8 Å². The summed E-state index contributed by atoms with van der Waals surface area (Å²) in [6.45, 7) is 1.65. The summed E-state index contributed by atoms with van der Waals surface area (Å²) in [7, 11) is 0. The molecule has 5 aromatic rings. The van der Waals surface area contributed by atoms with Gasteiger partial charge < -0.3 is 27.5 Å². The lowest BCUT2D eigenvalue weighted by molar-refractivity contribution is -0.137. The summed E-state index contributed by atoms with van der Waals surface area (Å²) < 4.78 is 0. The molecule has 2 amide bonds. The summed E-state index contributed by atoms with van der Waals surface area (Å²) in [6, 6.07) is 23.1. The van der Waals surface area contributed by atoms with Gasteiger partial charge in [-0.05, 0) is 59.6 Å². The molecular formula is C38H40ClN9O4. The van der Waals surface area contributed by atoms with Gasteiger partial charge in [-0.2, -0.15) is 0 Å². The maximum atomic E-state index is 12.9. The number of nitrogens with zero attached hydrogens (tertiary/aromatic N) is 3. The van der Waals surface area contributed by atoms with Crippen LogP contribution in [0.1, 0.15) is 53.4 Å². The topological polar surface area (TPSA) is 224 Å². The van der Waals surface area contributed by atoms with E-state index in [0.29, 0.717) is 13.0 Å². The van der Waals surface area contributed by atoms with Gasteiger partial charge in [0.15, 0.2) is 34.2 Å². The van der Waals surface area contributed by atoms with E-state index in [9.17, 15) is 19.2 Å². The third-order valence-corrected chi connectivity index (χ3v) is 8.77. The van der Waals surface area contributed by atoms with Gasteiger partial charge >= 0.3 is 0 Å². The quantitative estimate of drug-likeness (QED) is 0.0391. The van der Waals surface area contributed by atoms with Crippen molar-refractivity contribution >= 4 is 63.5 Å². The molecule has 3 aromatic carbocycles. The molecule has 0 aliphatic rings. The molecule has 13 nitrogen and oxygen atoms in total. The fourth-order valence-electron chi connectivity index (χ4n) is 5.69. The highest BCUT2D eigenvalue weighted by Gasteiger charge is 2.25. The number of carbonyl (C=O) groups excluding carboxylic acids is 4. The molecule has 0 saturated carbocycles. The van der Waals surface area contributed by atoms with E-state index in [0.717, 1.165) is 52.4 Å². The van der Waals surface area contributed by atoms with E-state index in [-0.39, 0.29) is 47.2 Å². The molecule has 0 aliphatic carbocycles. The molecule has 9 N–H and O–H groups in total. The van der Waals surface area contributed by atoms with Crippen LogP contribution in [0.5, 0.6) is 0 Å². The van der Waals surface area contributed by atoms with Gasteiger partial charge in [0, 0.05) is 43.4 Å². The average molecular weight is 722 g/mol. The van der Waals surface area contributed by atoms with Crippen molar-refractivity contribution in [2.24, 2.45) is 10.7 Å². The van der Waals surface area contributed by atoms with Crippen LogP contribution < -0.4 is 27.8 Å². The molecule has 5 rings (SSSR count). The maximum absolute atomic E-state index is 12.9. The standard InChI is InChI=1S/C38H40ClN9O4/c1-22(49)33(51)30(20-27-21-44-29-8-3-2-7-28(27)29)45-31(50)18-13-24-11-16-26(17-12-24)25-14-9-23(10-15-25)6-4-5-19-43-38(42)48-37(52)32-35(40)47-36(41)34(39)46-32/h2-3,7-12,14-17,21,30,44H,4-6,13,18-20H2,1H3,(H,45,50)(H4,40,41,47)(H3,42,43,48,52). The molecule has 2 heterocycles. The summed E-state index contributed by atoms with van der Waals surface area (Å²) in [5.74, 6) is -2.48. The number of halogens is 1. The molecule has 0 aliphatic heterocycles. The molecular weight excluding hydrogens is 682 g/mol. The highest BCUT2D eigenvalue weighted by molar-refractivity contribution is 6.38. The fourth-order valence-corrected chi connectivity index (χ4v) is 5.82. The number of benzene rings is 3. The molecule has 268 valence electrons. The van der Waals surface area contributed by atoms with Crippen LogP contribution in [0.15, 0.2) is 84.0 Å². The zero-order chi connectivity index (χ0) is 37.2. The van der Waals surface area contributed by atoms with E-state index in [1.807, 2.05) is 54.7 Å². The largest absolute Gasteiger partial charge is 0.382 e. The first-order valence-electron chi connectivity index (χ1n) is 16.8. The summed E-state index contributed by atoms with van der Waals surface area (Å²) in [6.07, 6.45) is 5.17. The molecule has 0 radical (unpaired) electrons. The summed E-state index contributed by atoms with van der Waals surface area (Å²) in [4.78, 5) is 64.9. The number of aryl methyl sites for hydroxylation is 2. The van der Waals surface area contributed by atoms with Crippen LogP contribution in [0, 0.1) is 0 Å². The number of aromatic amines is 1. The third-order valence-electron chi connectivity index (χ3n) is 8.50. The summed E-state index contributed by atoms with van der Waals surface area (Å²) >= 11 is 5.83. The number of nitrogens with one attached hydrogen (secondary N) is 3. The molecule has 1 atom stereocenters. The Bertz CT molecular complexity index is 2110. The average Bonchev–Trinajstić information content (AvgIpc) is 3.54. The van der Waals surface area contributed by atoms with E-state index < -0.39 is 23.5 Å². The van der Waals surface area contributed by atoms with E-state index in [4.69, 9.17) is 28.8 Å². The zero-order valence-electron chi connectivity index (χ0n) is 28.6. The number of amides is 2. The van der Waals surface area contributed by atoms with Gasteiger partial charge in [-0.3, -0.25) is 29.5 Å². The number of hydrogen-bond acceptors (Lipinski definition) is 9. The molecule has 0 fully saturated rings. The Morgan fingerprint density at radius 1 is 0.865 bits per heavy atom. The lowest BCUT2D eigenvalue weighted by Crippen LogP contribution is -2.44. The lowest BCUT2D eigenvalue weighted by atomic mass is 9.98. The maximum Gasteiger partial charge on any atom is 0.280 e. The highest BCUT2D eigenvalue weighted by Crippen LogP contribution is 2.23. The second kappa shape index (κ2) is 17.2. The number of ketones is 2. The van der Waals surface area contributed by atoms with Crippen molar-refractivity contribution < 1.29 is 19.2 Å². The second-order valence-corrected chi connectivity index (χ2v) is 12.7. The second-order valence-electron chi connectivity index (χ2n) is 12.3. The van der Waals surface area contributed by atoms with Crippen molar-refractivity contribution in [1.29, 1.82) is 0 Å². The van der Waals surface area contributed by atoms with Crippen molar-refractivity contribution in [1.82, 2.24) is 25.6 Å². The van der Waals surface area contributed by atoms with Crippen LogP contribution in [0.2, 0.25) is 5.15 Å². The number of H-pyrrole nitrogens is 1. The Labute approximate surface area is 305 Å². The number of carbonyl (C=O) groups is 4. The van der Waals surface area contributed by atoms with E-state index in [1.165, 1.54) is 12.5 Å².